The van der Waals surface area contributed by atoms with Crippen LogP contribution in [0, 0.1) is 7.14 Å². The number of nitrogens with one attached hydrogen (secondary N) is 2. The Morgan fingerprint density at radius 2 is 1.74 bits per heavy atom. The zero-order valence-corrected chi connectivity index (χ0v) is 25.9. The molecule has 0 heterocycles. The lowest BCUT2D eigenvalue weighted by Crippen LogP contribution is -2.46. The molecule has 13 heteroatoms. The molecule has 3 aromatic rings. The summed E-state index contributed by atoms with van der Waals surface area (Å²) in [5.41, 5.74) is 8.95. The van der Waals surface area contributed by atoms with Crippen molar-refractivity contribution in [1.82, 2.24) is 10.1 Å². The fourth-order valence-corrected chi connectivity index (χ4v) is 5.70. The van der Waals surface area contributed by atoms with E-state index in [-0.39, 0.29) is 17.9 Å². The highest BCUT2D eigenvalue weighted by atomic mass is 127. The highest BCUT2D eigenvalue weighted by Gasteiger charge is 2.26. The molecule has 0 aromatic heterocycles. The first kappa shape index (κ1) is 30.8. The Bertz CT molecular complexity index is 1430. The normalized spacial score (nSPS) is 12.2. The van der Waals surface area contributed by atoms with Crippen molar-refractivity contribution in [2.24, 2.45) is 10.8 Å². The highest BCUT2D eigenvalue weighted by molar-refractivity contribution is 14.1. The number of hydrogen-bond donors (Lipinski definition) is 3. The molecule has 39 heavy (non-hydrogen) atoms. The number of hydrazone groups is 1. The summed E-state index contributed by atoms with van der Waals surface area (Å²) in [6, 6.07) is 17.6. The second kappa shape index (κ2) is 14.6. The van der Waals surface area contributed by atoms with E-state index >= 15 is 0 Å². The first-order valence-electron chi connectivity index (χ1n) is 11.6. The van der Waals surface area contributed by atoms with Crippen molar-refractivity contribution < 1.29 is 27.5 Å². The van der Waals surface area contributed by atoms with Crippen LogP contribution in [0.15, 0.2) is 76.7 Å². The molecule has 0 radical (unpaired) electrons. The van der Waals surface area contributed by atoms with Gasteiger partial charge >= 0.3 is 0 Å². The number of sulfonamides is 1. The lowest BCUT2D eigenvalue weighted by atomic mass is 10.1. The summed E-state index contributed by atoms with van der Waals surface area (Å²) in [6.45, 7) is 1.85. The summed E-state index contributed by atoms with van der Waals surface area (Å²) in [5.74, 6) is -0.509. The summed E-state index contributed by atoms with van der Waals surface area (Å²) >= 11 is 4.11. The van der Waals surface area contributed by atoms with Crippen molar-refractivity contribution in [3.63, 3.8) is 0 Å². The van der Waals surface area contributed by atoms with Gasteiger partial charge in [0.2, 0.25) is 10.0 Å². The van der Waals surface area contributed by atoms with Gasteiger partial charge in [-0.3, -0.25) is 9.59 Å². The van der Waals surface area contributed by atoms with Gasteiger partial charge in [-0.25, -0.2) is 13.8 Å². The first-order chi connectivity index (χ1) is 18.6. The average Bonchev–Trinajstić information content (AvgIpc) is 2.88. The fourth-order valence-electron chi connectivity index (χ4n) is 3.36. The van der Waals surface area contributed by atoms with Gasteiger partial charge in [0, 0.05) is 3.57 Å². The molecule has 0 bridgehead atoms. The molecule has 0 aliphatic rings. The third kappa shape index (κ3) is 9.44. The molecule has 1 atom stereocenters. The van der Waals surface area contributed by atoms with E-state index < -0.39 is 27.9 Å². The van der Waals surface area contributed by atoms with Crippen LogP contribution in [0.1, 0.15) is 18.1 Å². The summed E-state index contributed by atoms with van der Waals surface area (Å²) in [4.78, 5) is 24.3. The number of carbonyl (C=O) groups excluding carboxylic acids is 2. The maximum absolute atomic E-state index is 13.1. The summed E-state index contributed by atoms with van der Waals surface area (Å²) < 4.78 is 41.2. The molecular formula is C26H26I2N4O6S. The number of benzene rings is 3. The second-order valence-corrected chi connectivity index (χ2v) is 12.2. The van der Waals surface area contributed by atoms with Crippen LogP contribution in [0.4, 0.5) is 0 Å². The van der Waals surface area contributed by atoms with Gasteiger partial charge in [0.15, 0.2) is 18.1 Å². The molecule has 0 aliphatic carbocycles. The van der Waals surface area contributed by atoms with Crippen LogP contribution < -0.4 is 25.4 Å². The number of hydrogen-bond acceptors (Lipinski definition) is 7. The molecule has 0 saturated carbocycles. The van der Waals surface area contributed by atoms with Gasteiger partial charge in [-0.05, 0) is 106 Å². The molecule has 10 nitrogen and oxygen atoms in total. The van der Waals surface area contributed by atoms with Crippen LogP contribution in [-0.2, 0) is 26.0 Å². The molecule has 3 aromatic carbocycles. The van der Waals surface area contributed by atoms with Gasteiger partial charge in [0.1, 0.15) is 6.04 Å². The standard InChI is InChI=1S/C26H26I2N4O6S/c1-2-37-23-14-18(12-21(28)25(23)38-16-24(29)33)15-30-31-26(34)22(13-17-6-4-3-5-7-17)32-39(35,36)20-10-8-19(27)9-11-20/h3-12,14-15,22,32H,2,13,16H2,1H3,(H2,29,33)(H,31,34)/b30-15-/t22-/m0/s1. The van der Waals surface area contributed by atoms with E-state index in [1.54, 1.807) is 31.2 Å². The van der Waals surface area contributed by atoms with E-state index in [0.717, 1.165) is 9.13 Å². The Hall–Kier alpha value is -2.76. The van der Waals surface area contributed by atoms with Crippen molar-refractivity contribution in [3.05, 3.63) is 85.0 Å². The fraction of sp³-hybridized carbons (Fsp3) is 0.192. The predicted octanol–water partition coefficient (Wildman–Crippen LogP) is 3.20. The second-order valence-electron chi connectivity index (χ2n) is 8.07. The lowest BCUT2D eigenvalue weighted by molar-refractivity contribution is -0.122. The Kier molecular flexibility index (Phi) is 11.5. The van der Waals surface area contributed by atoms with E-state index in [1.165, 1.54) is 18.3 Å². The average molecular weight is 776 g/mol. The van der Waals surface area contributed by atoms with Crippen LogP contribution in [0.25, 0.3) is 0 Å². The van der Waals surface area contributed by atoms with Gasteiger partial charge in [0.05, 0.1) is 21.3 Å². The van der Waals surface area contributed by atoms with Crippen molar-refractivity contribution in [1.29, 1.82) is 0 Å². The summed E-state index contributed by atoms with van der Waals surface area (Å²) in [7, 11) is -3.98. The molecular weight excluding hydrogens is 750 g/mol. The van der Waals surface area contributed by atoms with E-state index in [9.17, 15) is 18.0 Å². The minimum Gasteiger partial charge on any atom is -0.490 e. The van der Waals surface area contributed by atoms with Gasteiger partial charge in [-0.2, -0.15) is 9.82 Å². The maximum Gasteiger partial charge on any atom is 0.258 e. The van der Waals surface area contributed by atoms with Crippen LogP contribution in [0.3, 0.4) is 0 Å². The number of halogens is 2. The number of nitrogens with two attached hydrogens (primary N) is 1. The van der Waals surface area contributed by atoms with Gasteiger partial charge < -0.3 is 15.2 Å². The van der Waals surface area contributed by atoms with E-state index in [0.29, 0.717) is 27.2 Å². The number of ether oxygens (including phenoxy) is 2. The highest BCUT2D eigenvalue weighted by Crippen LogP contribution is 2.33. The third-order valence-electron chi connectivity index (χ3n) is 5.10. The monoisotopic (exact) mass is 776 g/mol. The molecule has 0 unspecified atom stereocenters. The molecule has 3 rings (SSSR count). The third-order valence-corrected chi connectivity index (χ3v) is 8.11. The van der Waals surface area contributed by atoms with Crippen molar-refractivity contribution in [2.75, 3.05) is 13.2 Å². The van der Waals surface area contributed by atoms with Crippen LogP contribution in [0.5, 0.6) is 11.5 Å². The quantitative estimate of drug-likeness (QED) is 0.138. The Morgan fingerprint density at radius 3 is 2.38 bits per heavy atom. The zero-order valence-electron chi connectivity index (χ0n) is 20.8. The molecule has 206 valence electrons. The summed E-state index contributed by atoms with van der Waals surface area (Å²) in [6.07, 6.45) is 1.51. The number of amides is 2. The SMILES string of the molecule is CCOc1cc(/C=N\NC(=O)[C@H](Cc2ccccc2)NS(=O)(=O)c2ccc(I)cc2)cc(I)c1OCC(N)=O. The molecule has 0 saturated heterocycles. The van der Waals surface area contributed by atoms with Gasteiger partial charge in [0.25, 0.3) is 11.8 Å². The van der Waals surface area contributed by atoms with Gasteiger partial charge in [-0.1, -0.05) is 30.3 Å². The molecule has 2 amide bonds. The number of carbonyl (C=O) groups is 2. The smallest absolute Gasteiger partial charge is 0.258 e. The van der Waals surface area contributed by atoms with E-state index in [1.807, 2.05) is 52.9 Å². The Labute approximate surface area is 254 Å². The molecule has 0 spiro atoms. The van der Waals surface area contributed by atoms with Crippen LogP contribution in [0.2, 0.25) is 0 Å². The Balaban J connectivity index is 1.80. The van der Waals surface area contributed by atoms with Crippen LogP contribution >= 0.6 is 45.2 Å². The number of nitrogens with zero attached hydrogens (tertiary/aromatic N) is 1. The molecule has 0 fully saturated rings. The topological polar surface area (TPSA) is 149 Å². The van der Waals surface area contributed by atoms with Crippen molar-refractivity contribution >= 4 is 73.2 Å². The minimum atomic E-state index is -3.98. The first-order valence-corrected chi connectivity index (χ1v) is 15.2. The predicted molar refractivity (Wildman–Crippen MR) is 164 cm³/mol. The Morgan fingerprint density at radius 1 is 1.05 bits per heavy atom. The van der Waals surface area contributed by atoms with Crippen molar-refractivity contribution in [2.45, 2.75) is 24.3 Å². The largest absolute Gasteiger partial charge is 0.490 e. The molecule has 4 N–H and O–H groups in total. The number of rotatable bonds is 13. The van der Waals surface area contributed by atoms with E-state index in [2.05, 4.69) is 37.8 Å². The van der Waals surface area contributed by atoms with Crippen LogP contribution in [-0.4, -0.2) is 45.7 Å². The molecule has 0 aliphatic heterocycles. The lowest BCUT2D eigenvalue weighted by Gasteiger charge is -2.17. The van der Waals surface area contributed by atoms with Crippen molar-refractivity contribution in [3.8, 4) is 11.5 Å². The zero-order chi connectivity index (χ0) is 28.4. The van der Waals surface area contributed by atoms with E-state index in [4.69, 9.17) is 15.2 Å². The minimum absolute atomic E-state index is 0.0500. The summed E-state index contributed by atoms with van der Waals surface area (Å²) in [5, 5.41) is 4.03. The number of primary amides is 1. The van der Waals surface area contributed by atoms with Gasteiger partial charge in [-0.15, -0.1) is 0 Å². The maximum atomic E-state index is 13.1.